The number of carbonyl (C=O) groups is 2. The number of anilines is 2. The van der Waals surface area contributed by atoms with Crippen molar-refractivity contribution in [2.24, 2.45) is 0 Å². The fourth-order valence-corrected chi connectivity index (χ4v) is 3.21. The highest BCUT2D eigenvalue weighted by atomic mass is 32.2. The Morgan fingerprint density at radius 1 is 0.900 bits per heavy atom. The molecule has 0 fully saturated rings. The number of aromatic nitrogens is 1. The van der Waals surface area contributed by atoms with Gasteiger partial charge in [0.15, 0.2) is 0 Å². The van der Waals surface area contributed by atoms with Crippen molar-refractivity contribution < 1.29 is 18.0 Å². The molecular weight excluding hydrogens is 404 g/mol. The summed E-state index contributed by atoms with van der Waals surface area (Å²) < 4.78 is 24.8. The first-order chi connectivity index (χ1) is 14.3. The van der Waals surface area contributed by atoms with Crippen molar-refractivity contribution in [1.82, 2.24) is 10.3 Å². The summed E-state index contributed by atoms with van der Waals surface area (Å²) in [4.78, 5) is 28.5. The number of rotatable bonds is 7. The van der Waals surface area contributed by atoms with Crippen molar-refractivity contribution in [2.75, 3.05) is 16.3 Å². The third-order valence-electron chi connectivity index (χ3n) is 4.01. The van der Waals surface area contributed by atoms with E-state index in [-0.39, 0.29) is 11.8 Å². The van der Waals surface area contributed by atoms with Crippen LogP contribution in [0.2, 0.25) is 0 Å². The van der Waals surface area contributed by atoms with Crippen LogP contribution < -0.4 is 15.4 Å². The van der Waals surface area contributed by atoms with E-state index >= 15 is 0 Å². The van der Waals surface area contributed by atoms with Gasteiger partial charge in [-0.15, -0.1) is 0 Å². The molecule has 8 nitrogen and oxygen atoms in total. The van der Waals surface area contributed by atoms with E-state index in [9.17, 15) is 18.0 Å². The van der Waals surface area contributed by atoms with Gasteiger partial charge in [0, 0.05) is 35.9 Å². The average Bonchev–Trinajstić information content (AvgIpc) is 2.72. The quantitative estimate of drug-likeness (QED) is 0.539. The van der Waals surface area contributed by atoms with Gasteiger partial charge in [-0.2, -0.15) is 0 Å². The Hall–Kier alpha value is -3.72. The zero-order valence-corrected chi connectivity index (χ0v) is 16.9. The summed E-state index contributed by atoms with van der Waals surface area (Å²) in [7, 11) is -3.38. The fraction of sp³-hybridized carbons (Fsp3) is 0.0952. The minimum Gasteiger partial charge on any atom is -0.348 e. The summed E-state index contributed by atoms with van der Waals surface area (Å²) in [5, 5.41) is 5.59. The molecule has 0 unspecified atom stereocenters. The smallest absolute Gasteiger partial charge is 0.255 e. The van der Waals surface area contributed by atoms with E-state index in [4.69, 9.17) is 0 Å². The molecule has 0 atom stereocenters. The second-order valence-corrected chi connectivity index (χ2v) is 8.28. The molecule has 0 aliphatic heterocycles. The first kappa shape index (κ1) is 21.0. The van der Waals surface area contributed by atoms with Crippen LogP contribution in [0.4, 0.5) is 11.4 Å². The number of pyridine rings is 1. The van der Waals surface area contributed by atoms with Crippen molar-refractivity contribution in [3.8, 4) is 0 Å². The van der Waals surface area contributed by atoms with Crippen molar-refractivity contribution in [2.45, 2.75) is 6.54 Å². The molecule has 3 rings (SSSR count). The second kappa shape index (κ2) is 9.19. The van der Waals surface area contributed by atoms with Gasteiger partial charge in [-0.25, -0.2) is 8.42 Å². The highest BCUT2D eigenvalue weighted by molar-refractivity contribution is 7.92. The zero-order valence-electron chi connectivity index (χ0n) is 16.1. The van der Waals surface area contributed by atoms with Crippen LogP contribution in [0, 0.1) is 0 Å². The maximum atomic E-state index is 12.4. The Bertz CT molecular complexity index is 1150. The SMILES string of the molecule is CS(=O)(=O)Nc1ccc(C(=O)Nc2cccc(CNC(=O)c3cccnc3)c2)cc1. The lowest BCUT2D eigenvalue weighted by molar-refractivity contribution is 0.0949. The summed E-state index contributed by atoms with van der Waals surface area (Å²) in [5.41, 5.74) is 2.62. The predicted molar refractivity (Wildman–Crippen MR) is 115 cm³/mol. The van der Waals surface area contributed by atoms with E-state index in [1.807, 2.05) is 6.07 Å². The Balaban J connectivity index is 1.60. The van der Waals surface area contributed by atoms with E-state index < -0.39 is 10.0 Å². The molecule has 0 aliphatic carbocycles. The normalized spacial score (nSPS) is 10.8. The lowest BCUT2D eigenvalue weighted by atomic mass is 10.1. The largest absolute Gasteiger partial charge is 0.348 e. The molecule has 1 heterocycles. The molecule has 9 heteroatoms. The highest BCUT2D eigenvalue weighted by Crippen LogP contribution is 2.15. The predicted octanol–water partition coefficient (Wildman–Crippen LogP) is 2.64. The Kier molecular flexibility index (Phi) is 6.43. The number of hydrogen-bond donors (Lipinski definition) is 3. The molecule has 0 saturated carbocycles. The third-order valence-corrected chi connectivity index (χ3v) is 4.62. The van der Waals surface area contributed by atoms with Crippen molar-refractivity contribution in [3.63, 3.8) is 0 Å². The van der Waals surface area contributed by atoms with Gasteiger partial charge in [0.1, 0.15) is 0 Å². The molecule has 0 bridgehead atoms. The van der Waals surface area contributed by atoms with Crippen LogP contribution in [0.25, 0.3) is 0 Å². The van der Waals surface area contributed by atoms with E-state index in [2.05, 4.69) is 20.3 Å². The molecular formula is C21H20N4O4S. The van der Waals surface area contributed by atoms with Crippen LogP contribution in [0.1, 0.15) is 26.3 Å². The van der Waals surface area contributed by atoms with Crippen molar-refractivity contribution >= 4 is 33.2 Å². The van der Waals surface area contributed by atoms with Gasteiger partial charge < -0.3 is 10.6 Å². The molecule has 0 aliphatic rings. The third kappa shape index (κ3) is 6.14. The number of nitrogens with zero attached hydrogens (tertiary/aromatic N) is 1. The van der Waals surface area contributed by atoms with Crippen molar-refractivity contribution in [1.29, 1.82) is 0 Å². The van der Waals surface area contributed by atoms with Crippen LogP contribution >= 0.6 is 0 Å². The number of carbonyl (C=O) groups excluding carboxylic acids is 2. The van der Waals surface area contributed by atoms with Gasteiger partial charge in [-0.05, 0) is 54.1 Å². The molecule has 1 aromatic heterocycles. The van der Waals surface area contributed by atoms with E-state index in [0.29, 0.717) is 29.0 Å². The van der Waals surface area contributed by atoms with E-state index in [1.54, 1.807) is 36.5 Å². The minimum absolute atomic E-state index is 0.236. The molecule has 2 amide bonds. The zero-order chi connectivity index (χ0) is 21.6. The van der Waals surface area contributed by atoms with Crippen LogP contribution in [0.3, 0.4) is 0 Å². The van der Waals surface area contributed by atoms with Crippen molar-refractivity contribution in [3.05, 3.63) is 89.7 Å². The van der Waals surface area contributed by atoms with Crippen LogP contribution in [-0.2, 0) is 16.6 Å². The van der Waals surface area contributed by atoms with Gasteiger partial charge in [0.2, 0.25) is 10.0 Å². The number of nitrogens with one attached hydrogen (secondary N) is 3. The van der Waals surface area contributed by atoms with E-state index in [1.165, 1.54) is 30.5 Å². The summed E-state index contributed by atoms with van der Waals surface area (Å²) in [6.07, 6.45) is 4.14. The lowest BCUT2D eigenvalue weighted by Crippen LogP contribution is -2.23. The maximum absolute atomic E-state index is 12.4. The molecule has 3 aromatic rings. The first-order valence-electron chi connectivity index (χ1n) is 8.96. The molecule has 2 aromatic carbocycles. The Labute approximate surface area is 174 Å². The average molecular weight is 424 g/mol. The van der Waals surface area contributed by atoms with Gasteiger partial charge in [0.05, 0.1) is 11.8 Å². The molecule has 3 N–H and O–H groups in total. The summed E-state index contributed by atoms with van der Waals surface area (Å²) >= 11 is 0. The number of benzene rings is 2. The van der Waals surface area contributed by atoms with Crippen LogP contribution in [0.5, 0.6) is 0 Å². The molecule has 30 heavy (non-hydrogen) atoms. The highest BCUT2D eigenvalue weighted by Gasteiger charge is 2.09. The molecule has 0 saturated heterocycles. The molecule has 154 valence electrons. The topological polar surface area (TPSA) is 117 Å². The Morgan fingerprint density at radius 3 is 2.33 bits per heavy atom. The van der Waals surface area contributed by atoms with Crippen LogP contribution in [0.15, 0.2) is 73.1 Å². The van der Waals surface area contributed by atoms with E-state index in [0.717, 1.165) is 11.8 Å². The fourth-order valence-electron chi connectivity index (χ4n) is 2.65. The number of hydrogen-bond acceptors (Lipinski definition) is 5. The number of sulfonamides is 1. The monoisotopic (exact) mass is 424 g/mol. The number of amides is 2. The Morgan fingerprint density at radius 2 is 1.67 bits per heavy atom. The summed E-state index contributed by atoms with van der Waals surface area (Å²) in [5.74, 6) is -0.571. The molecule has 0 radical (unpaired) electrons. The standard InChI is InChI=1S/C21H20N4O4S/c1-30(28,29)25-18-9-7-16(8-10-18)21(27)24-19-6-2-4-15(12-19)13-23-20(26)17-5-3-11-22-14-17/h2-12,14,25H,13H2,1H3,(H,23,26)(H,24,27). The molecule has 0 spiro atoms. The van der Waals surface area contributed by atoms with Gasteiger partial charge in [0.25, 0.3) is 11.8 Å². The van der Waals surface area contributed by atoms with Gasteiger partial charge in [-0.1, -0.05) is 12.1 Å². The van der Waals surface area contributed by atoms with Gasteiger partial charge in [-0.3, -0.25) is 19.3 Å². The maximum Gasteiger partial charge on any atom is 0.255 e. The van der Waals surface area contributed by atoms with Crippen LogP contribution in [-0.4, -0.2) is 31.5 Å². The second-order valence-electron chi connectivity index (χ2n) is 6.53. The first-order valence-corrected chi connectivity index (χ1v) is 10.9. The summed E-state index contributed by atoms with van der Waals surface area (Å²) in [6, 6.07) is 16.6. The minimum atomic E-state index is -3.38. The lowest BCUT2D eigenvalue weighted by Gasteiger charge is -2.09. The summed E-state index contributed by atoms with van der Waals surface area (Å²) in [6.45, 7) is 0.295. The van der Waals surface area contributed by atoms with Gasteiger partial charge >= 0.3 is 0 Å².